The largest absolute Gasteiger partial charge is 0.195 e. The van der Waals surface area contributed by atoms with Crippen molar-refractivity contribution in [1.29, 1.82) is 0 Å². The summed E-state index contributed by atoms with van der Waals surface area (Å²) < 4.78 is 0. The Bertz CT molecular complexity index is 1210. The second kappa shape index (κ2) is 12.6. The zero-order valence-corrected chi connectivity index (χ0v) is 21.8. The van der Waals surface area contributed by atoms with Crippen LogP contribution >= 0.6 is 12.2 Å². The molecule has 1 nitrogen and oxygen atoms in total. The topological polar surface area (TPSA) is 12.4 Å². The Balaban J connectivity index is 1.36. The lowest BCUT2D eigenvalue weighted by molar-refractivity contribution is 0.303. The molecule has 1 aliphatic carbocycles. The van der Waals surface area contributed by atoms with Gasteiger partial charge in [-0.2, -0.15) is 4.99 Å². The van der Waals surface area contributed by atoms with Crippen LogP contribution in [0.4, 0.5) is 5.69 Å². The van der Waals surface area contributed by atoms with Gasteiger partial charge in [0.25, 0.3) is 0 Å². The highest BCUT2D eigenvalue weighted by molar-refractivity contribution is 7.78. The van der Waals surface area contributed by atoms with Gasteiger partial charge in [0.05, 0.1) is 10.8 Å². The summed E-state index contributed by atoms with van der Waals surface area (Å²) in [6.45, 7) is 4.34. The number of thiocarbonyl (C=S) groups is 1. The molecule has 35 heavy (non-hydrogen) atoms. The predicted octanol–water partition coefficient (Wildman–Crippen LogP) is 9.65. The maximum Gasteiger partial charge on any atom is 0.0743 e. The third-order valence-electron chi connectivity index (χ3n) is 7.39. The molecule has 0 aliphatic heterocycles. The van der Waals surface area contributed by atoms with E-state index in [2.05, 4.69) is 89.7 Å². The van der Waals surface area contributed by atoms with Gasteiger partial charge in [-0.25, -0.2) is 0 Å². The van der Waals surface area contributed by atoms with E-state index in [0.717, 1.165) is 34.2 Å². The molecule has 0 radical (unpaired) electrons. The van der Waals surface area contributed by atoms with E-state index in [1.165, 1.54) is 68.1 Å². The number of hydrogen-bond acceptors (Lipinski definition) is 2. The fourth-order valence-corrected chi connectivity index (χ4v) is 5.32. The molecule has 0 heterocycles. The van der Waals surface area contributed by atoms with Crippen LogP contribution in [0.3, 0.4) is 0 Å². The van der Waals surface area contributed by atoms with Crippen molar-refractivity contribution in [2.24, 2.45) is 10.9 Å². The van der Waals surface area contributed by atoms with Crippen LogP contribution in [0.2, 0.25) is 0 Å². The summed E-state index contributed by atoms with van der Waals surface area (Å²) in [5.74, 6) is 8.27. The van der Waals surface area contributed by atoms with Crippen molar-refractivity contribution in [2.75, 3.05) is 0 Å². The molecular formula is C33H35NS. The molecule has 0 saturated heterocycles. The molecule has 0 spiro atoms. The fraction of sp³-hybridized carbons (Fsp3) is 0.364. The fourth-order valence-electron chi connectivity index (χ4n) is 5.21. The molecule has 1 saturated carbocycles. The van der Waals surface area contributed by atoms with Gasteiger partial charge in [0.1, 0.15) is 0 Å². The second-order valence-corrected chi connectivity index (χ2v) is 10.0. The van der Waals surface area contributed by atoms with E-state index in [1.54, 1.807) is 0 Å². The highest BCUT2D eigenvalue weighted by atomic mass is 32.1. The molecule has 4 rings (SSSR count). The number of benzene rings is 3. The highest BCUT2D eigenvalue weighted by Crippen LogP contribution is 2.38. The number of hydrogen-bond donors (Lipinski definition) is 0. The molecule has 1 fully saturated rings. The first-order chi connectivity index (χ1) is 17.2. The van der Waals surface area contributed by atoms with E-state index in [0.29, 0.717) is 0 Å². The number of aryl methyl sites for hydroxylation is 1. The zero-order valence-electron chi connectivity index (χ0n) is 21.0. The SMILES string of the molecule is CCCCCC1CCC(c2ccc(-c3ccc(C#Cc4ccc(N=C=S)cc4C)cc3)cc2)CC1. The van der Waals surface area contributed by atoms with Crippen molar-refractivity contribution < 1.29 is 0 Å². The first-order valence-corrected chi connectivity index (χ1v) is 13.5. The van der Waals surface area contributed by atoms with Crippen LogP contribution in [-0.4, -0.2) is 5.16 Å². The summed E-state index contributed by atoms with van der Waals surface area (Å²) in [4.78, 5) is 4.03. The van der Waals surface area contributed by atoms with Crippen molar-refractivity contribution in [3.63, 3.8) is 0 Å². The minimum absolute atomic E-state index is 0.739. The van der Waals surface area contributed by atoms with Gasteiger partial charge in [-0.1, -0.05) is 80.8 Å². The molecule has 178 valence electrons. The molecule has 2 heteroatoms. The molecule has 1 aliphatic rings. The monoisotopic (exact) mass is 477 g/mol. The van der Waals surface area contributed by atoms with Crippen molar-refractivity contribution in [1.82, 2.24) is 0 Å². The first kappa shape index (κ1) is 25.1. The van der Waals surface area contributed by atoms with Gasteiger partial charge in [-0.3, -0.25) is 0 Å². The summed E-state index contributed by atoms with van der Waals surface area (Å²) in [6.07, 6.45) is 11.1. The van der Waals surface area contributed by atoms with Gasteiger partial charge < -0.3 is 0 Å². The molecular weight excluding hydrogens is 442 g/mol. The molecule has 0 bridgehead atoms. The van der Waals surface area contributed by atoms with Crippen LogP contribution in [0.15, 0.2) is 71.7 Å². The van der Waals surface area contributed by atoms with Crippen molar-refractivity contribution in [3.05, 3.63) is 89.0 Å². The summed E-state index contributed by atoms with van der Waals surface area (Å²) in [5, 5.41) is 2.41. The third kappa shape index (κ3) is 7.02. The third-order valence-corrected chi connectivity index (χ3v) is 7.48. The molecule has 0 unspecified atom stereocenters. The van der Waals surface area contributed by atoms with Crippen molar-refractivity contribution in [2.45, 2.75) is 71.1 Å². The van der Waals surface area contributed by atoms with E-state index < -0.39 is 0 Å². The van der Waals surface area contributed by atoms with Crippen LogP contribution in [0.1, 0.15) is 86.5 Å². The Kier molecular flexibility index (Phi) is 9.08. The minimum atomic E-state index is 0.739. The molecule has 0 aromatic heterocycles. The lowest BCUT2D eigenvalue weighted by Crippen LogP contribution is -2.13. The molecule has 3 aromatic rings. The van der Waals surface area contributed by atoms with Crippen molar-refractivity contribution in [3.8, 4) is 23.0 Å². The van der Waals surface area contributed by atoms with E-state index in [9.17, 15) is 0 Å². The lowest BCUT2D eigenvalue weighted by Gasteiger charge is -2.29. The van der Waals surface area contributed by atoms with Crippen LogP contribution < -0.4 is 0 Å². The van der Waals surface area contributed by atoms with Gasteiger partial charge >= 0.3 is 0 Å². The minimum Gasteiger partial charge on any atom is -0.195 e. The Hall–Kier alpha value is -2.98. The molecule has 3 aromatic carbocycles. The molecule has 0 atom stereocenters. The van der Waals surface area contributed by atoms with Gasteiger partial charge in [-0.05, 0) is 109 Å². The lowest BCUT2D eigenvalue weighted by atomic mass is 9.77. The number of unbranched alkanes of at least 4 members (excludes halogenated alkanes) is 2. The van der Waals surface area contributed by atoms with Crippen LogP contribution in [0.5, 0.6) is 0 Å². The maximum absolute atomic E-state index is 4.68. The average molecular weight is 478 g/mol. The summed E-state index contributed by atoms with van der Waals surface area (Å²) in [7, 11) is 0. The van der Waals surface area contributed by atoms with Gasteiger partial charge in [0.15, 0.2) is 0 Å². The van der Waals surface area contributed by atoms with Gasteiger partial charge in [0.2, 0.25) is 0 Å². The summed E-state index contributed by atoms with van der Waals surface area (Å²) in [6, 6.07) is 23.7. The van der Waals surface area contributed by atoms with Crippen LogP contribution in [-0.2, 0) is 0 Å². The van der Waals surface area contributed by atoms with Gasteiger partial charge in [0, 0.05) is 11.1 Å². The predicted molar refractivity (Wildman–Crippen MR) is 153 cm³/mol. The van der Waals surface area contributed by atoms with E-state index in [4.69, 9.17) is 0 Å². The quantitative estimate of drug-likeness (QED) is 0.143. The second-order valence-electron chi connectivity index (χ2n) is 9.87. The number of isothiocyanates is 1. The standard InChI is InChI=1S/C33H35NS/c1-3-4-5-6-26-8-13-29(14-9-26)31-17-19-32(20-18-31)30-15-10-27(11-16-30)7-12-28-21-22-33(34-24-35)23-25(28)2/h10-11,15-23,26,29H,3-6,8-9,13-14H2,1-2H3. The maximum atomic E-state index is 4.68. The molecule has 0 amide bonds. The number of aliphatic imine (C=N–C) groups is 1. The average Bonchev–Trinajstić information content (AvgIpc) is 2.89. The Morgan fingerprint density at radius 2 is 1.51 bits per heavy atom. The smallest absolute Gasteiger partial charge is 0.0743 e. The summed E-state index contributed by atoms with van der Waals surface area (Å²) in [5.41, 5.74) is 7.94. The Morgan fingerprint density at radius 1 is 0.829 bits per heavy atom. The highest BCUT2D eigenvalue weighted by Gasteiger charge is 2.22. The number of nitrogens with zero attached hydrogens (tertiary/aromatic N) is 1. The zero-order chi connectivity index (χ0) is 24.5. The van der Waals surface area contributed by atoms with Gasteiger partial charge in [-0.15, -0.1) is 0 Å². The van der Waals surface area contributed by atoms with E-state index in [1.807, 2.05) is 25.1 Å². The van der Waals surface area contributed by atoms with Crippen LogP contribution in [0, 0.1) is 24.7 Å². The van der Waals surface area contributed by atoms with E-state index >= 15 is 0 Å². The Labute approximate surface area is 216 Å². The summed E-state index contributed by atoms with van der Waals surface area (Å²) >= 11 is 4.68. The van der Waals surface area contributed by atoms with Crippen molar-refractivity contribution >= 4 is 23.1 Å². The number of rotatable bonds is 7. The first-order valence-electron chi connectivity index (χ1n) is 13.1. The van der Waals surface area contributed by atoms with Crippen LogP contribution in [0.25, 0.3) is 11.1 Å². The van der Waals surface area contributed by atoms with E-state index in [-0.39, 0.29) is 0 Å². The molecule has 0 N–H and O–H groups in total. The Morgan fingerprint density at radius 3 is 2.14 bits per heavy atom. The normalized spacial score (nSPS) is 17.2.